The summed E-state index contributed by atoms with van der Waals surface area (Å²) < 4.78 is 43.1. The normalized spacial score (nSPS) is 12.2. The molecule has 0 saturated carbocycles. The fraction of sp³-hybridized carbons (Fsp3) is 0.167. The van der Waals surface area contributed by atoms with Crippen LogP contribution in [0, 0.1) is 19.7 Å². The van der Waals surface area contributed by atoms with E-state index in [9.17, 15) is 17.6 Å². The second-order valence-corrected chi connectivity index (χ2v) is 8.76. The minimum Gasteiger partial charge on any atom is -0.324 e. The van der Waals surface area contributed by atoms with Gasteiger partial charge in [-0.05, 0) is 50.2 Å². The van der Waals surface area contributed by atoms with Crippen LogP contribution in [0.2, 0.25) is 0 Å². The smallest absolute Gasteiger partial charge is 0.285 e. The van der Waals surface area contributed by atoms with Gasteiger partial charge in [-0.3, -0.25) is 4.79 Å². The van der Waals surface area contributed by atoms with Gasteiger partial charge in [0.1, 0.15) is 17.4 Å². The molecule has 1 aromatic heterocycles. The number of benzene rings is 2. The number of halogens is 1. The predicted octanol–water partition coefficient (Wildman–Crippen LogP) is 2.63. The number of aromatic nitrogens is 2. The van der Waals surface area contributed by atoms with E-state index in [1.54, 1.807) is 19.1 Å². The Bertz CT molecular complexity index is 1160. The fourth-order valence-corrected chi connectivity index (χ4v) is 4.27. The summed E-state index contributed by atoms with van der Waals surface area (Å²) in [6, 6.07) is 11.6. The molecule has 1 N–H and O–H groups in total. The number of amides is 1. The molecule has 0 radical (unpaired) electrons. The van der Waals surface area contributed by atoms with Crippen molar-refractivity contribution in [2.24, 2.45) is 4.40 Å². The lowest BCUT2D eigenvalue weighted by molar-refractivity contribution is -0.117. The molecule has 0 unspecified atom stereocenters. The zero-order valence-electron chi connectivity index (χ0n) is 15.1. The zero-order valence-corrected chi connectivity index (χ0v) is 16.7. The summed E-state index contributed by atoms with van der Waals surface area (Å²) in [7, 11) is -3.94. The topological polar surface area (TPSA) is 93.4 Å². The van der Waals surface area contributed by atoms with Crippen LogP contribution in [0.25, 0.3) is 0 Å². The van der Waals surface area contributed by atoms with Crippen LogP contribution >= 0.6 is 11.3 Å². The molecule has 1 amide bonds. The fourth-order valence-electron chi connectivity index (χ4n) is 2.32. The van der Waals surface area contributed by atoms with Crippen molar-refractivity contribution in [3.05, 3.63) is 69.7 Å². The number of hydrogen-bond acceptors (Lipinski definition) is 5. The molecule has 0 atom stereocenters. The van der Waals surface area contributed by atoms with Crippen molar-refractivity contribution in [3.8, 4) is 0 Å². The maximum absolute atomic E-state index is 13.0. The van der Waals surface area contributed by atoms with E-state index < -0.39 is 21.7 Å². The van der Waals surface area contributed by atoms with Crippen LogP contribution in [0.4, 0.5) is 10.1 Å². The standard InChI is InChI=1S/C18H17FN4O3S2/c1-12-3-9-16(10-4-12)28(25,26)22-18-23(21-13(2)27-18)11-17(24)20-15-7-5-14(19)6-8-15/h3-10H,11H2,1-2H3,(H,20,24)/b22-18-. The minimum absolute atomic E-state index is 0.0615. The minimum atomic E-state index is -3.94. The van der Waals surface area contributed by atoms with Gasteiger partial charge < -0.3 is 5.32 Å². The zero-order chi connectivity index (χ0) is 20.3. The van der Waals surface area contributed by atoms with Crippen molar-refractivity contribution >= 4 is 33.0 Å². The van der Waals surface area contributed by atoms with Crippen LogP contribution in [0.5, 0.6) is 0 Å². The molecule has 3 aromatic rings. The maximum Gasteiger partial charge on any atom is 0.285 e. The molecule has 0 saturated heterocycles. The average molecular weight is 420 g/mol. The Hall–Kier alpha value is -2.85. The molecule has 0 spiro atoms. The number of aryl methyl sites for hydroxylation is 2. The third-order valence-corrected chi connectivity index (χ3v) is 5.92. The van der Waals surface area contributed by atoms with Gasteiger partial charge in [-0.15, -0.1) is 4.40 Å². The van der Waals surface area contributed by atoms with Gasteiger partial charge in [-0.1, -0.05) is 29.0 Å². The Morgan fingerprint density at radius 2 is 1.79 bits per heavy atom. The summed E-state index contributed by atoms with van der Waals surface area (Å²) in [6.45, 7) is 3.31. The van der Waals surface area contributed by atoms with Gasteiger partial charge in [0, 0.05) is 5.69 Å². The van der Waals surface area contributed by atoms with Gasteiger partial charge in [0.05, 0.1) is 4.90 Å². The number of carbonyl (C=O) groups excluding carboxylic acids is 1. The molecule has 146 valence electrons. The number of nitrogens with one attached hydrogen (secondary N) is 1. The monoisotopic (exact) mass is 420 g/mol. The van der Waals surface area contributed by atoms with Gasteiger partial charge in [0.15, 0.2) is 0 Å². The van der Waals surface area contributed by atoms with Gasteiger partial charge in [-0.25, -0.2) is 9.07 Å². The molecule has 28 heavy (non-hydrogen) atoms. The second kappa shape index (κ2) is 8.03. The molecule has 3 rings (SSSR count). The lowest BCUT2D eigenvalue weighted by Crippen LogP contribution is -2.27. The number of anilines is 1. The lowest BCUT2D eigenvalue weighted by Gasteiger charge is -2.05. The lowest BCUT2D eigenvalue weighted by atomic mass is 10.2. The van der Waals surface area contributed by atoms with Gasteiger partial charge in [-0.2, -0.15) is 13.5 Å². The highest BCUT2D eigenvalue weighted by atomic mass is 32.2. The van der Waals surface area contributed by atoms with E-state index >= 15 is 0 Å². The van der Waals surface area contributed by atoms with Gasteiger partial charge in [0.2, 0.25) is 10.7 Å². The van der Waals surface area contributed by atoms with Crippen LogP contribution in [-0.4, -0.2) is 24.1 Å². The van der Waals surface area contributed by atoms with E-state index in [-0.39, 0.29) is 16.2 Å². The molecule has 7 nitrogen and oxygen atoms in total. The number of carbonyl (C=O) groups is 1. The molecule has 0 aliphatic carbocycles. The highest BCUT2D eigenvalue weighted by Crippen LogP contribution is 2.13. The van der Waals surface area contributed by atoms with Crippen LogP contribution in [0.15, 0.2) is 57.8 Å². The van der Waals surface area contributed by atoms with E-state index in [2.05, 4.69) is 14.8 Å². The first-order chi connectivity index (χ1) is 13.2. The molecule has 10 heteroatoms. The molecule has 2 aromatic carbocycles. The largest absolute Gasteiger partial charge is 0.324 e. The Labute approximate surface area is 165 Å². The van der Waals surface area contributed by atoms with Crippen molar-refractivity contribution in [2.75, 3.05) is 5.32 Å². The van der Waals surface area contributed by atoms with Crippen molar-refractivity contribution in [1.82, 2.24) is 9.78 Å². The highest BCUT2D eigenvalue weighted by molar-refractivity contribution is 7.90. The maximum atomic E-state index is 13.0. The number of sulfonamides is 1. The van der Waals surface area contributed by atoms with E-state index in [0.29, 0.717) is 10.7 Å². The third kappa shape index (κ3) is 4.90. The summed E-state index contributed by atoms with van der Waals surface area (Å²) in [5.41, 5.74) is 1.35. The average Bonchev–Trinajstić information content (AvgIpc) is 2.95. The predicted molar refractivity (Wildman–Crippen MR) is 104 cm³/mol. The van der Waals surface area contributed by atoms with Gasteiger partial charge in [0.25, 0.3) is 10.0 Å². The van der Waals surface area contributed by atoms with Crippen molar-refractivity contribution < 1.29 is 17.6 Å². The Balaban J connectivity index is 1.86. The first-order valence-electron chi connectivity index (χ1n) is 8.20. The molecule has 0 aliphatic rings. The Morgan fingerprint density at radius 3 is 2.43 bits per heavy atom. The van der Waals surface area contributed by atoms with Crippen LogP contribution in [0.1, 0.15) is 10.6 Å². The molecule has 0 fully saturated rings. The Kier molecular flexibility index (Phi) is 5.71. The molecular formula is C18H17FN4O3S2. The Morgan fingerprint density at radius 1 is 1.14 bits per heavy atom. The quantitative estimate of drug-likeness (QED) is 0.687. The molecule has 1 heterocycles. The van der Waals surface area contributed by atoms with Gasteiger partial charge >= 0.3 is 0 Å². The third-order valence-electron chi connectivity index (χ3n) is 3.66. The second-order valence-electron chi connectivity index (χ2n) is 6.00. The molecule has 0 aliphatic heterocycles. The van der Waals surface area contributed by atoms with E-state index in [4.69, 9.17) is 0 Å². The summed E-state index contributed by atoms with van der Waals surface area (Å²) in [6.07, 6.45) is 0. The first-order valence-corrected chi connectivity index (χ1v) is 10.5. The number of hydrogen-bond donors (Lipinski definition) is 1. The summed E-state index contributed by atoms with van der Waals surface area (Å²) in [5, 5.41) is 7.32. The summed E-state index contributed by atoms with van der Waals surface area (Å²) in [4.78, 5) is 12.4. The van der Waals surface area contributed by atoms with E-state index in [0.717, 1.165) is 16.9 Å². The highest BCUT2D eigenvalue weighted by Gasteiger charge is 2.15. The first kappa shape index (κ1) is 19.9. The van der Waals surface area contributed by atoms with Crippen LogP contribution in [-0.2, 0) is 21.4 Å². The number of nitrogens with zero attached hydrogens (tertiary/aromatic N) is 3. The SMILES string of the molecule is Cc1ccc(S(=O)(=O)/N=c2\sc(C)nn2CC(=O)Nc2ccc(F)cc2)cc1. The van der Waals surface area contributed by atoms with Crippen molar-refractivity contribution in [1.29, 1.82) is 0 Å². The van der Waals surface area contributed by atoms with E-state index in [1.165, 1.54) is 41.1 Å². The van der Waals surface area contributed by atoms with Crippen LogP contribution in [0.3, 0.4) is 0 Å². The van der Waals surface area contributed by atoms with Crippen molar-refractivity contribution in [2.45, 2.75) is 25.3 Å². The molecule has 0 bridgehead atoms. The van der Waals surface area contributed by atoms with Crippen LogP contribution < -0.4 is 10.1 Å². The number of rotatable bonds is 5. The molecular weight excluding hydrogens is 403 g/mol. The van der Waals surface area contributed by atoms with E-state index in [1.807, 2.05) is 6.92 Å². The summed E-state index contributed by atoms with van der Waals surface area (Å²) >= 11 is 1.07. The summed E-state index contributed by atoms with van der Waals surface area (Å²) in [5.74, 6) is -0.851. The van der Waals surface area contributed by atoms with Crippen molar-refractivity contribution in [3.63, 3.8) is 0 Å².